The van der Waals surface area contributed by atoms with E-state index in [0.29, 0.717) is 12.1 Å². The van der Waals surface area contributed by atoms with E-state index in [1.165, 1.54) is 36.9 Å². The van der Waals surface area contributed by atoms with Crippen molar-refractivity contribution in [3.05, 3.63) is 41.5 Å². The van der Waals surface area contributed by atoms with Gasteiger partial charge < -0.3 is 10.6 Å². The Labute approximate surface area is 124 Å². The summed E-state index contributed by atoms with van der Waals surface area (Å²) in [7, 11) is -2.12. The second kappa shape index (κ2) is 6.84. The van der Waals surface area contributed by atoms with Crippen LogP contribution in [-0.2, 0) is 10.0 Å². The standard InChI is InChI=1S/C14H19N3O3S/c1-15-21(19,20)13-4-2-12(3-5-13)14(18)17-10-11-6-8-16-9-7-11/h2-6,15-16H,7-10H2,1H3,(H,17,18). The highest BCUT2D eigenvalue weighted by atomic mass is 32.2. The summed E-state index contributed by atoms with van der Waals surface area (Å²) in [4.78, 5) is 12.1. The number of amides is 1. The van der Waals surface area contributed by atoms with Crippen LogP contribution in [0.1, 0.15) is 16.8 Å². The van der Waals surface area contributed by atoms with E-state index in [4.69, 9.17) is 0 Å². The summed E-state index contributed by atoms with van der Waals surface area (Å²) in [5.74, 6) is -0.206. The van der Waals surface area contributed by atoms with Crippen LogP contribution in [0.3, 0.4) is 0 Å². The second-order valence-electron chi connectivity index (χ2n) is 4.73. The molecule has 1 aliphatic rings. The molecular weight excluding hydrogens is 290 g/mol. The Morgan fingerprint density at radius 1 is 1.29 bits per heavy atom. The molecule has 0 bridgehead atoms. The maximum Gasteiger partial charge on any atom is 0.251 e. The first-order chi connectivity index (χ1) is 10.0. The van der Waals surface area contributed by atoms with E-state index in [2.05, 4.69) is 21.4 Å². The fraction of sp³-hybridized carbons (Fsp3) is 0.357. The largest absolute Gasteiger partial charge is 0.348 e. The summed E-state index contributed by atoms with van der Waals surface area (Å²) in [5.41, 5.74) is 1.65. The lowest BCUT2D eigenvalue weighted by Gasteiger charge is -2.14. The van der Waals surface area contributed by atoms with Gasteiger partial charge in [0.15, 0.2) is 0 Å². The van der Waals surface area contributed by atoms with E-state index in [1.807, 2.05) is 0 Å². The normalized spacial score (nSPS) is 15.4. The van der Waals surface area contributed by atoms with Gasteiger partial charge in [-0.25, -0.2) is 13.1 Å². The van der Waals surface area contributed by atoms with E-state index < -0.39 is 10.0 Å². The molecule has 0 aliphatic carbocycles. The van der Waals surface area contributed by atoms with E-state index in [9.17, 15) is 13.2 Å². The van der Waals surface area contributed by atoms with Crippen LogP contribution in [0.5, 0.6) is 0 Å². The number of rotatable bonds is 5. The molecule has 0 radical (unpaired) electrons. The lowest BCUT2D eigenvalue weighted by atomic mass is 10.1. The number of hydrogen-bond acceptors (Lipinski definition) is 4. The van der Waals surface area contributed by atoms with E-state index >= 15 is 0 Å². The highest BCUT2D eigenvalue weighted by Gasteiger charge is 2.13. The van der Waals surface area contributed by atoms with Gasteiger partial charge in [0.1, 0.15) is 0 Å². The zero-order valence-corrected chi connectivity index (χ0v) is 12.7. The minimum atomic E-state index is -3.47. The molecule has 0 atom stereocenters. The number of sulfonamides is 1. The van der Waals surface area contributed by atoms with Crippen LogP contribution in [0.2, 0.25) is 0 Å². The van der Waals surface area contributed by atoms with Crippen LogP contribution < -0.4 is 15.4 Å². The summed E-state index contributed by atoms with van der Waals surface area (Å²) in [5, 5.41) is 6.05. The summed E-state index contributed by atoms with van der Waals surface area (Å²) in [6, 6.07) is 5.86. The molecule has 1 aromatic carbocycles. The average Bonchev–Trinajstić information content (AvgIpc) is 2.53. The van der Waals surface area contributed by atoms with Gasteiger partial charge in [-0.3, -0.25) is 4.79 Å². The molecule has 0 aromatic heterocycles. The van der Waals surface area contributed by atoms with E-state index in [-0.39, 0.29) is 10.8 Å². The van der Waals surface area contributed by atoms with Crippen molar-refractivity contribution in [2.24, 2.45) is 0 Å². The van der Waals surface area contributed by atoms with Crippen molar-refractivity contribution in [2.75, 3.05) is 26.7 Å². The Bertz CT molecular complexity index is 636. The van der Waals surface area contributed by atoms with Gasteiger partial charge in [0.2, 0.25) is 10.0 Å². The number of hydrogen-bond donors (Lipinski definition) is 3. The molecule has 7 heteroatoms. The molecule has 1 heterocycles. The summed E-state index contributed by atoms with van der Waals surface area (Å²) >= 11 is 0. The summed E-state index contributed by atoms with van der Waals surface area (Å²) in [6.07, 6.45) is 3.01. The lowest BCUT2D eigenvalue weighted by Crippen LogP contribution is -2.29. The quantitative estimate of drug-likeness (QED) is 0.680. The van der Waals surface area contributed by atoms with E-state index in [1.54, 1.807) is 0 Å². The van der Waals surface area contributed by atoms with Crippen LogP contribution in [0, 0.1) is 0 Å². The fourth-order valence-electron chi connectivity index (χ4n) is 2.03. The molecule has 0 saturated carbocycles. The van der Waals surface area contributed by atoms with Crippen molar-refractivity contribution < 1.29 is 13.2 Å². The SMILES string of the molecule is CNS(=O)(=O)c1ccc(C(=O)NCC2=CCNCC2)cc1. The number of carbonyl (C=O) groups is 1. The number of benzene rings is 1. The summed E-state index contributed by atoms with van der Waals surface area (Å²) in [6.45, 7) is 2.29. The van der Waals surface area contributed by atoms with Gasteiger partial charge in [-0.1, -0.05) is 11.6 Å². The van der Waals surface area contributed by atoms with Crippen LogP contribution in [0.4, 0.5) is 0 Å². The first-order valence-corrected chi connectivity index (χ1v) is 8.21. The van der Waals surface area contributed by atoms with Gasteiger partial charge in [0.25, 0.3) is 5.91 Å². The molecule has 3 N–H and O–H groups in total. The smallest absolute Gasteiger partial charge is 0.251 e. The first-order valence-electron chi connectivity index (χ1n) is 6.73. The lowest BCUT2D eigenvalue weighted by molar-refractivity contribution is 0.0956. The molecule has 21 heavy (non-hydrogen) atoms. The Morgan fingerprint density at radius 2 is 2.00 bits per heavy atom. The number of carbonyl (C=O) groups excluding carboxylic acids is 1. The third kappa shape index (κ3) is 4.13. The van der Waals surface area contributed by atoms with Gasteiger partial charge in [-0.15, -0.1) is 0 Å². The minimum Gasteiger partial charge on any atom is -0.348 e. The van der Waals surface area contributed by atoms with Gasteiger partial charge in [-0.2, -0.15) is 0 Å². The number of nitrogens with one attached hydrogen (secondary N) is 3. The van der Waals surface area contributed by atoms with Crippen molar-refractivity contribution in [1.82, 2.24) is 15.4 Å². The Balaban J connectivity index is 1.98. The Kier molecular flexibility index (Phi) is 5.11. The molecule has 0 saturated heterocycles. The van der Waals surface area contributed by atoms with Crippen molar-refractivity contribution in [3.8, 4) is 0 Å². The monoisotopic (exact) mass is 309 g/mol. The molecule has 1 aromatic rings. The highest BCUT2D eigenvalue weighted by molar-refractivity contribution is 7.89. The van der Waals surface area contributed by atoms with Crippen LogP contribution in [0.25, 0.3) is 0 Å². The Morgan fingerprint density at radius 3 is 2.57 bits per heavy atom. The van der Waals surface area contributed by atoms with Crippen molar-refractivity contribution in [3.63, 3.8) is 0 Å². The minimum absolute atomic E-state index is 0.141. The maximum absolute atomic E-state index is 12.0. The molecule has 0 spiro atoms. The topological polar surface area (TPSA) is 87.3 Å². The average molecular weight is 309 g/mol. The third-order valence-corrected chi connectivity index (χ3v) is 4.76. The molecule has 2 rings (SSSR count). The zero-order chi connectivity index (χ0) is 15.3. The van der Waals surface area contributed by atoms with Crippen molar-refractivity contribution in [1.29, 1.82) is 0 Å². The van der Waals surface area contributed by atoms with Crippen LogP contribution in [0.15, 0.2) is 40.8 Å². The Hall–Kier alpha value is -1.70. The van der Waals surface area contributed by atoms with Crippen molar-refractivity contribution >= 4 is 15.9 Å². The van der Waals surface area contributed by atoms with Crippen molar-refractivity contribution in [2.45, 2.75) is 11.3 Å². The predicted molar refractivity (Wildman–Crippen MR) is 80.6 cm³/mol. The second-order valence-corrected chi connectivity index (χ2v) is 6.62. The van der Waals surface area contributed by atoms with Crippen LogP contribution >= 0.6 is 0 Å². The van der Waals surface area contributed by atoms with Gasteiger partial charge in [0.05, 0.1) is 4.90 Å². The highest BCUT2D eigenvalue weighted by Crippen LogP contribution is 2.10. The molecular formula is C14H19N3O3S. The molecule has 0 unspecified atom stereocenters. The van der Waals surface area contributed by atoms with Gasteiger partial charge in [0, 0.05) is 18.7 Å². The summed E-state index contributed by atoms with van der Waals surface area (Å²) < 4.78 is 25.4. The third-order valence-electron chi connectivity index (χ3n) is 3.33. The van der Waals surface area contributed by atoms with E-state index in [0.717, 1.165) is 19.5 Å². The molecule has 1 amide bonds. The molecule has 6 nitrogen and oxygen atoms in total. The predicted octanol–water partition coefficient (Wildman–Crippen LogP) is 0.244. The first kappa shape index (κ1) is 15.7. The zero-order valence-electron chi connectivity index (χ0n) is 11.8. The fourth-order valence-corrected chi connectivity index (χ4v) is 2.76. The molecule has 0 fully saturated rings. The molecule has 1 aliphatic heterocycles. The molecule has 114 valence electrons. The maximum atomic E-state index is 12.0. The van der Waals surface area contributed by atoms with Gasteiger partial charge >= 0.3 is 0 Å². The van der Waals surface area contributed by atoms with Gasteiger partial charge in [-0.05, 0) is 44.3 Å². The van der Waals surface area contributed by atoms with Crippen LogP contribution in [-0.4, -0.2) is 41.0 Å².